The minimum absolute atomic E-state index is 0.0389. The van der Waals surface area contributed by atoms with E-state index in [4.69, 9.17) is 0 Å². The number of rotatable bonds is 6. The zero-order valence-electron chi connectivity index (χ0n) is 15.7. The Balaban J connectivity index is 1.60. The van der Waals surface area contributed by atoms with Gasteiger partial charge in [0, 0.05) is 37.6 Å². The molecule has 2 heterocycles. The predicted molar refractivity (Wildman–Crippen MR) is 106 cm³/mol. The third-order valence-electron chi connectivity index (χ3n) is 4.26. The number of carbonyl (C=O) groups excluding carboxylic acids is 1. The molecule has 14 heteroatoms. The summed E-state index contributed by atoms with van der Waals surface area (Å²) in [5.41, 5.74) is 0.389. The van der Waals surface area contributed by atoms with Crippen molar-refractivity contribution in [2.24, 2.45) is 0 Å². The van der Waals surface area contributed by atoms with Crippen molar-refractivity contribution in [2.45, 2.75) is 11.3 Å². The van der Waals surface area contributed by atoms with E-state index in [-0.39, 0.29) is 43.6 Å². The minimum Gasteiger partial charge on any atom is -0.340 e. The molecule has 2 aromatic rings. The van der Waals surface area contributed by atoms with Gasteiger partial charge in [0.2, 0.25) is 26.0 Å². The van der Waals surface area contributed by atoms with Crippen LogP contribution in [0.25, 0.3) is 0 Å². The number of piperazine rings is 1. The Morgan fingerprint density at radius 2 is 1.83 bits per heavy atom. The lowest BCUT2D eigenvalue weighted by Gasteiger charge is -2.34. The van der Waals surface area contributed by atoms with Gasteiger partial charge in [-0.25, -0.2) is 30.6 Å². The fraction of sp³-hybridized carbons (Fsp3) is 0.375. The van der Waals surface area contributed by atoms with Crippen molar-refractivity contribution in [1.82, 2.24) is 14.2 Å². The molecule has 9 nitrogen and oxygen atoms in total. The Labute approximate surface area is 176 Å². The summed E-state index contributed by atoms with van der Waals surface area (Å²) < 4.78 is 77.8. The van der Waals surface area contributed by atoms with Crippen LogP contribution in [0.4, 0.5) is 13.9 Å². The highest BCUT2D eigenvalue weighted by Crippen LogP contribution is 2.22. The highest BCUT2D eigenvalue weighted by Gasteiger charge is 2.32. The molecular formula is C16H18F2N4O5S3. The summed E-state index contributed by atoms with van der Waals surface area (Å²) in [4.78, 5) is 17.3. The number of halogens is 2. The Bertz CT molecular complexity index is 1160. The largest absolute Gasteiger partial charge is 0.340 e. The van der Waals surface area contributed by atoms with Gasteiger partial charge in [-0.3, -0.25) is 9.52 Å². The van der Waals surface area contributed by atoms with Crippen LogP contribution in [0.1, 0.15) is 5.69 Å². The van der Waals surface area contributed by atoms with E-state index in [9.17, 15) is 30.4 Å². The van der Waals surface area contributed by atoms with Gasteiger partial charge >= 0.3 is 0 Å². The first-order chi connectivity index (χ1) is 14.0. The van der Waals surface area contributed by atoms with Gasteiger partial charge in [-0.05, 0) is 12.1 Å². The van der Waals surface area contributed by atoms with Gasteiger partial charge in [-0.2, -0.15) is 4.31 Å². The minimum atomic E-state index is -4.15. The molecule has 0 radical (unpaired) electrons. The number of thiazole rings is 1. The van der Waals surface area contributed by atoms with Crippen LogP contribution < -0.4 is 4.72 Å². The maximum Gasteiger partial charge on any atom is 0.246 e. The van der Waals surface area contributed by atoms with Gasteiger partial charge < -0.3 is 4.90 Å². The Morgan fingerprint density at radius 1 is 1.17 bits per heavy atom. The summed E-state index contributed by atoms with van der Waals surface area (Å²) in [6.45, 7) is 0.116. The van der Waals surface area contributed by atoms with Gasteiger partial charge in [0.05, 0.1) is 18.4 Å². The maximum atomic E-state index is 13.9. The van der Waals surface area contributed by atoms with Crippen molar-refractivity contribution in [3.8, 4) is 0 Å². The molecule has 1 amide bonds. The zero-order chi connectivity index (χ0) is 22.1. The molecule has 1 aromatic carbocycles. The lowest BCUT2D eigenvalue weighted by Crippen LogP contribution is -2.51. The lowest BCUT2D eigenvalue weighted by molar-refractivity contribution is -0.131. The van der Waals surface area contributed by atoms with Gasteiger partial charge in [0.1, 0.15) is 16.5 Å². The van der Waals surface area contributed by atoms with E-state index in [1.807, 2.05) is 0 Å². The third-order valence-corrected chi connectivity index (χ3v) is 7.69. The van der Waals surface area contributed by atoms with Gasteiger partial charge in [0.15, 0.2) is 5.13 Å². The van der Waals surface area contributed by atoms with Crippen molar-refractivity contribution in [1.29, 1.82) is 0 Å². The van der Waals surface area contributed by atoms with Crippen LogP contribution in [-0.2, 0) is 31.3 Å². The van der Waals surface area contributed by atoms with E-state index in [0.717, 1.165) is 34.0 Å². The number of carbonyl (C=O) groups is 1. The second-order valence-electron chi connectivity index (χ2n) is 6.55. The average Bonchev–Trinajstić information content (AvgIpc) is 3.06. The highest BCUT2D eigenvalue weighted by atomic mass is 32.2. The zero-order valence-corrected chi connectivity index (χ0v) is 18.2. The first-order valence-corrected chi connectivity index (χ1v) is 12.8. The van der Waals surface area contributed by atoms with E-state index in [2.05, 4.69) is 9.71 Å². The summed E-state index contributed by atoms with van der Waals surface area (Å²) >= 11 is 1.05. The molecule has 3 rings (SSSR count). The third kappa shape index (κ3) is 5.30. The number of anilines is 1. The number of nitrogens with zero attached hydrogens (tertiary/aromatic N) is 3. The van der Waals surface area contributed by atoms with E-state index < -0.39 is 36.6 Å². The molecule has 0 unspecified atom stereocenters. The van der Waals surface area contributed by atoms with Crippen molar-refractivity contribution in [2.75, 3.05) is 37.2 Å². The summed E-state index contributed by atoms with van der Waals surface area (Å²) in [6.07, 6.45) is 0.922. The van der Waals surface area contributed by atoms with Crippen LogP contribution in [0.3, 0.4) is 0 Å². The van der Waals surface area contributed by atoms with Crippen LogP contribution >= 0.6 is 11.3 Å². The molecule has 0 spiro atoms. The van der Waals surface area contributed by atoms with E-state index >= 15 is 0 Å². The quantitative estimate of drug-likeness (QED) is 0.656. The summed E-state index contributed by atoms with van der Waals surface area (Å²) in [6, 6.07) is 2.26. The molecule has 0 atom stereocenters. The molecule has 1 aromatic heterocycles. The first kappa shape index (κ1) is 22.5. The van der Waals surface area contributed by atoms with Crippen LogP contribution in [0.2, 0.25) is 0 Å². The maximum absolute atomic E-state index is 13.9. The van der Waals surface area contributed by atoms with Crippen LogP contribution in [0, 0.1) is 11.6 Å². The van der Waals surface area contributed by atoms with Gasteiger partial charge in [-0.1, -0.05) is 0 Å². The highest BCUT2D eigenvalue weighted by molar-refractivity contribution is 7.92. The molecule has 1 aliphatic rings. The molecule has 1 fully saturated rings. The normalized spacial score (nSPS) is 15.9. The molecule has 164 valence electrons. The van der Waals surface area contributed by atoms with E-state index in [1.54, 1.807) is 5.38 Å². The molecule has 30 heavy (non-hydrogen) atoms. The summed E-state index contributed by atoms with van der Waals surface area (Å²) in [5.74, 6) is -2.34. The Kier molecular flexibility index (Phi) is 6.40. The molecule has 0 aliphatic carbocycles. The van der Waals surface area contributed by atoms with Crippen LogP contribution in [0.15, 0.2) is 28.5 Å². The van der Waals surface area contributed by atoms with Crippen LogP contribution in [-0.4, -0.2) is 69.4 Å². The Hall–Kier alpha value is -2.16. The molecule has 1 N–H and O–H groups in total. The molecule has 0 saturated carbocycles. The number of amides is 1. The van der Waals surface area contributed by atoms with E-state index in [1.165, 1.54) is 4.90 Å². The predicted octanol–water partition coefficient (Wildman–Crippen LogP) is 0.868. The topological polar surface area (TPSA) is 117 Å². The number of hydrogen-bond acceptors (Lipinski definition) is 7. The second-order valence-corrected chi connectivity index (χ2v) is 11.1. The number of benzene rings is 1. The number of hydrogen-bond donors (Lipinski definition) is 1. The fourth-order valence-corrected chi connectivity index (χ4v) is 5.89. The van der Waals surface area contributed by atoms with Gasteiger partial charge in [0.25, 0.3) is 0 Å². The standard InChI is InChI=1S/C16H18F2N4O5S3/c1-29(24,25)20-16-19-12(10-28-16)9-15(23)21-4-6-22(7-5-21)30(26,27)14-3-2-11(17)8-13(14)18/h2-3,8,10H,4-7,9H2,1H3,(H,19,20). The van der Waals surface area contributed by atoms with Crippen molar-refractivity contribution < 1.29 is 30.4 Å². The second kappa shape index (κ2) is 8.53. The van der Waals surface area contributed by atoms with Crippen molar-refractivity contribution in [3.05, 3.63) is 40.9 Å². The summed E-state index contributed by atoms with van der Waals surface area (Å²) in [7, 11) is -7.62. The monoisotopic (exact) mass is 480 g/mol. The van der Waals surface area contributed by atoms with Crippen LogP contribution in [0.5, 0.6) is 0 Å². The lowest BCUT2D eigenvalue weighted by atomic mass is 10.2. The summed E-state index contributed by atoms with van der Waals surface area (Å²) in [5, 5.41) is 1.71. The molecule has 1 aliphatic heterocycles. The van der Waals surface area contributed by atoms with Crippen molar-refractivity contribution in [3.63, 3.8) is 0 Å². The molecular weight excluding hydrogens is 462 g/mol. The number of aromatic nitrogens is 1. The average molecular weight is 481 g/mol. The number of nitrogens with one attached hydrogen (secondary N) is 1. The van der Waals surface area contributed by atoms with Crippen molar-refractivity contribution >= 4 is 42.4 Å². The SMILES string of the molecule is CS(=O)(=O)Nc1nc(CC(=O)N2CCN(S(=O)(=O)c3ccc(F)cc3F)CC2)cs1. The molecule has 0 bridgehead atoms. The fourth-order valence-electron chi connectivity index (χ4n) is 2.86. The number of sulfonamides is 2. The van der Waals surface area contributed by atoms with E-state index in [0.29, 0.717) is 11.8 Å². The smallest absolute Gasteiger partial charge is 0.246 e. The Morgan fingerprint density at radius 3 is 2.43 bits per heavy atom. The molecule has 1 saturated heterocycles. The van der Waals surface area contributed by atoms with Gasteiger partial charge in [-0.15, -0.1) is 11.3 Å². The first-order valence-electron chi connectivity index (χ1n) is 8.61.